The van der Waals surface area contributed by atoms with Crippen molar-refractivity contribution in [1.82, 2.24) is 19.7 Å². The lowest BCUT2D eigenvalue weighted by Gasteiger charge is -2.08. The van der Waals surface area contributed by atoms with E-state index in [2.05, 4.69) is 15.6 Å². The van der Waals surface area contributed by atoms with Gasteiger partial charge in [0, 0.05) is 29.3 Å². The standard InChI is InChI=1S/C22H22N4O3S2/c1-26-20(14-5-8-17(27-2)9-6-14)24-25-22(26)31-13-16-12-30-21(23-16)15-7-10-18(28-3)19(11-15)29-4/h5-12H,13H2,1-4H3. The Morgan fingerprint density at radius 1 is 0.903 bits per heavy atom. The van der Waals surface area contributed by atoms with Crippen molar-refractivity contribution < 1.29 is 14.2 Å². The van der Waals surface area contributed by atoms with Crippen molar-refractivity contribution in [2.24, 2.45) is 7.05 Å². The lowest BCUT2D eigenvalue weighted by atomic mass is 10.2. The molecule has 0 aliphatic heterocycles. The highest BCUT2D eigenvalue weighted by molar-refractivity contribution is 7.98. The van der Waals surface area contributed by atoms with Gasteiger partial charge in [0.05, 0.1) is 27.0 Å². The number of aromatic nitrogens is 4. The van der Waals surface area contributed by atoms with Crippen LogP contribution in [0.4, 0.5) is 0 Å². The fourth-order valence-corrected chi connectivity index (χ4v) is 4.77. The van der Waals surface area contributed by atoms with Crippen LogP contribution in [-0.4, -0.2) is 41.1 Å². The Balaban J connectivity index is 1.46. The van der Waals surface area contributed by atoms with Crippen LogP contribution in [0, 0.1) is 0 Å². The summed E-state index contributed by atoms with van der Waals surface area (Å²) in [6.07, 6.45) is 0. The molecule has 0 unspecified atom stereocenters. The number of thiazole rings is 1. The first-order valence-electron chi connectivity index (χ1n) is 9.46. The second kappa shape index (κ2) is 9.40. The first-order chi connectivity index (χ1) is 15.1. The summed E-state index contributed by atoms with van der Waals surface area (Å²) < 4.78 is 17.9. The minimum absolute atomic E-state index is 0.691. The Morgan fingerprint density at radius 3 is 2.35 bits per heavy atom. The number of thioether (sulfide) groups is 1. The topological polar surface area (TPSA) is 71.3 Å². The summed E-state index contributed by atoms with van der Waals surface area (Å²) in [5, 5.41) is 12.5. The zero-order valence-electron chi connectivity index (χ0n) is 17.7. The fraction of sp³-hybridized carbons (Fsp3) is 0.227. The summed E-state index contributed by atoms with van der Waals surface area (Å²) in [7, 11) is 6.88. The third kappa shape index (κ3) is 4.52. The van der Waals surface area contributed by atoms with E-state index >= 15 is 0 Å². The van der Waals surface area contributed by atoms with Gasteiger partial charge in [-0.2, -0.15) is 0 Å². The van der Waals surface area contributed by atoms with E-state index in [4.69, 9.17) is 19.2 Å². The van der Waals surface area contributed by atoms with Crippen LogP contribution in [-0.2, 0) is 12.8 Å². The van der Waals surface area contributed by atoms with Gasteiger partial charge in [-0.25, -0.2) is 4.98 Å². The molecule has 0 spiro atoms. The van der Waals surface area contributed by atoms with Crippen molar-refractivity contribution in [3.8, 4) is 39.2 Å². The Bertz CT molecular complexity index is 1170. The minimum Gasteiger partial charge on any atom is -0.497 e. The largest absolute Gasteiger partial charge is 0.497 e. The predicted molar refractivity (Wildman–Crippen MR) is 123 cm³/mol. The summed E-state index contributed by atoms with van der Waals surface area (Å²) >= 11 is 3.21. The van der Waals surface area contributed by atoms with E-state index in [1.165, 1.54) is 0 Å². The first-order valence-corrected chi connectivity index (χ1v) is 11.3. The molecule has 0 atom stereocenters. The molecule has 7 nitrogen and oxygen atoms in total. The van der Waals surface area contributed by atoms with E-state index in [1.54, 1.807) is 44.4 Å². The van der Waals surface area contributed by atoms with Crippen LogP contribution in [0.2, 0.25) is 0 Å². The van der Waals surface area contributed by atoms with Crippen LogP contribution in [0.5, 0.6) is 17.2 Å². The molecule has 0 aliphatic rings. The van der Waals surface area contributed by atoms with Crippen LogP contribution in [0.3, 0.4) is 0 Å². The van der Waals surface area contributed by atoms with Gasteiger partial charge in [0.25, 0.3) is 0 Å². The van der Waals surface area contributed by atoms with Gasteiger partial charge < -0.3 is 18.8 Å². The Hall–Kier alpha value is -3.04. The molecule has 2 aromatic carbocycles. The first kappa shape index (κ1) is 21.2. The third-order valence-corrected chi connectivity index (χ3v) is 6.71. The molecule has 31 heavy (non-hydrogen) atoms. The van der Waals surface area contributed by atoms with Crippen molar-refractivity contribution >= 4 is 23.1 Å². The van der Waals surface area contributed by atoms with Crippen molar-refractivity contribution in [2.75, 3.05) is 21.3 Å². The van der Waals surface area contributed by atoms with Crippen molar-refractivity contribution in [3.05, 3.63) is 53.5 Å². The molecule has 9 heteroatoms. The highest BCUT2D eigenvalue weighted by Gasteiger charge is 2.14. The molecular weight excluding hydrogens is 432 g/mol. The molecule has 0 saturated carbocycles. The number of hydrogen-bond acceptors (Lipinski definition) is 8. The van der Waals surface area contributed by atoms with Gasteiger partial charge in [0.15, 0.2) is 22.5 Å². The van der Waals surface area contributed by atoms with Crippen molar-refractivity contribution in [2.45, 2.75) is 10.9 Å². The van der Waals surface area contributed by atoms with Crippen LogP contribution >= 0.6 is 23.1 Å². The Kier molecular flexibility index (Phi) is 6.43. The maximum Gasteiger partial charge on any atom is 0.191 e. The molecule has 160 valence electrons. The number of ether oxygens (including phenoxy) is 3. The van der Waals surface area contributed by atoms with Crippen molar-refractivity contribution in [3.63, 3.8) is 0 Å². The van der Waals surface area contributed by atoms with Gasteiger partial charge in [-0.1, -0.05) is 11.8 Å². The maximum atomic E-state index is 5.40. The summed E-state index contributed by atoms with van der Waals surface area (Å²) in [6.45, 7) is 0. The molecule has 0 bridgehead atoms. The highest BCUT2D eigenvalue weighted by Crippen LogP contribution is 2.34. The lowest BCUT2D eigenvalue weighted by Crippen LogP contribution is -1.95. The van der Waals surface area contributed by atoms with Gasteiger partial charge in [-0.15, -0.1) is 21.5 Å². The van der Waals surface area contributed by atoms with Crippen LogP contribution in [0.1, 0.15) is 5.69 Å². The molecule has 2 heterocycles. The van der Waals surface area contributed by atoms with Gasteiger partial charge in [-0.3, -0.25) is 0 Å². The maximum absolute atomic E-state index is 5.40. The molecule has 0 radical (unpaired) electrons. The normalized spacial score (nSPS) is 10.8. The molecule has 0 fully saturated rings. The second-order valence-corrected chi connectivity index (χ2v) is 8.40. The molecule has 0 saturated heterocycles. The van der Waals surface area contributed by atoms with E-state index in [1.807, 2.05) is 54.1 Å². The molecule has 4 aromatic rings. The minimum atomic E-state index is 0.691. The average Bonchev–Trinajstić information content (AvgIpc) is 3.44. The van der Waals surface area contributed by atoms with E-state index in [-0.39, 0.29) is 0 Å². The number of rotatable bonds is 8. The van der Waals surface area contributed by atoms with Crippen LogP contribution in [0.25, 0.3) is 22.0 Å². The molecule has 0 amide bonds. The number of nitrogens with zero attached hydrogens (tertiary/aromatic N) is 4. The van der Waals surface area contributed by atoms with E-state index in [9.17, 15) is 0 Å². The zero-order valence-corrected chi connectivity index (χ0v) is 19.3. The van der Waals surface area contributed by atoms with E-state index < -0.39 is 0 Å². The molecular formula is C22H22N4O3S2. The van der Waals surface area contributed by atoms with Gasteiger partial charge in [0.1, 0.15) is 10.8 Å². The zero-order chi connectivity index (χ0) is 21.8. The molecule has 0 aliphatic carbocycles. The lowest BCUT2D eigenvalue weighted by molar-refractivity contribution is 0.355. The quantitative estimate of drug-likeness (QED) is 0.350. The highest BCUT2D eigenvalue weighted by atomic mass is 32.2. The molecule has 4 rings (SSSR count). The van der Waals surface area contributed by atoms with Crippen LogP contribution < -0.4 is 14.2 Å². The summed E-state index contributed by atoms with van der Waals surface area (Å²) in [5.74, 6) is 3.73. The van der Waals surface area contributed by atoms with E-state index in [0.29, 0.717) is 17.3 Å². The Morgan fingerprint density at radius 2 is 1.65 bits per heavy atom. The number of hydrogen-bond donors (Lipinski definition) is 0. The summed E-state index contributed by atoms with van der Waals surface area (Å²) in [4.78, 5) is 4.77. The van der Waals surface area contributed by atoms with E-state index in [0.717, 1.165) is 38.6 Å². The predicted octanol–water partition coefficient (Wildman–Crippen LogP) is 4.92. The van der Waals surface area contributed by atoms with Crippen LogP contribution in [0.15, 0.2) is 53.0 Å². The smallest absolute Gasteiger partial charge is 0.191 e. The van der Waals surface area contributed by atoms with Gasteiger partial charge >= 0.3 is 0 Å². The number of methoxy groups -OCH3 is 3. The second-order valence-electron chi connectivity index (χ2n) is 6.60. The number of benzene rings is 2. The SMILES string of the molecule is COc1ccc(-c2nnc(SCc3csc(-c4ccc(OC)c(OC)c4)n3)n2C)cc1. The van der Waals surface area contributed by atoms with Crippen molar-refractivity contribution in [1.29, 1.82) is 0 Å². The van der Waals surface area contributed by atoms with Gasteiger partial charge in [0.2, 0.25) is 0 Å². The average molecular weight is 455 g/mol. The van der Waals surface area contributed by atoms with Gasteiger partial charge in [-0.05, 0) is 42.5 Å². The third-order valence-electron chi connectivity index (χ3n) is 4.71. The summed E-state index contributed by atoms with van der Waals surface area (Å²) in [6, 6.07) is 13.6. The molecule has 0 N–H and O–H groups in total. The Labute approximate surface area is 189 Å². The summed E-state index contributed by atoms with van der Waals surface area (Å²) in [5.41, 5.74) is 2.99. The monoisotopic (exact) mass is 454 g/mol. The molecule has 2 aromatic heterocycles. The fourth-order valence-electron chi connectivity index (χ4n) is 3.05.